The quantitative estimate of drug-likeness (QED) is 0.642. The molecule has 1 saturated heterocycles. The molecule has 0 bridgehead atoms. The standard InChI is InChI=1S/C21H28N4O/c1-3-20(26)25-14-12-18(15-25)24-21(22-2)23-13-11-17-9-6-8-16-7-4-5-10-19(16)17/h4-10,18H,3,11-15H2,1-2H3,(H2,22,23,24). The van der Waals surface area contributed by atoms with Crippen molar-refractivity contribution in [3.8, 4) is 0 Å². The Balaban J connectivity index is 1.51. The van der Waals surface area contributed by atoms with Crippen molar-refractivity contribution in [1.29, 1.82) is 0 Å². The Hall–Kier alpha value is -2.56. The maximum atomic E-state index is 11.8. The Labute approximate surface area is 155 Å². The first-order chi connectivity index (χ1) is 12.7. The van der Waals surface area contributed by atoms with Gasteiger partial charge in [0.15, 0.2) is 5.96 Å². The molecule has 3 rings (SSSR count). The van der Waals surface area contributed by atoms with E-state index in [-0.39, 0.29) is 11.9 Å². The fourth-order valence-corrected chi connectivity index (χ4v) is 3.54. The Morgan fingerprint density at radius 2 is 2.04 bits per heavy atom. The lowest BCUT2D eigenvalue weighted by Crippen LogP contribution is -2.45. The first kappa shape index (κ1) is 18.2. The third-order valence-electron chi connectivity index (χ3n) is 4.97. The molecule has 0 aromatic heterocycles. The summed E-state index contributed by atoms with van der Waals surface area (Å²) in [7, 11) is 1.79. The summed E-state index contributed by atoms with van der Waals surface area (Å²) in [6.45, 7) is 4.32. The predicted octanol–water partition coefficient (Wildman–Crippen LogP) is 2.56. The molecular formula is C21H28N4O. The van der Waals surface area contributed by atoms with Gasteiger partial charge in [-0.25, -0.2) is 0 Å². The Morgan fingerprint density at radius 1 is 1.23 bits per heavy atom. The number of hydrogen-bond acceptors (Lipinski definition) is 2. The van der Waals surface area contributed by atoms with Gasteiger partial charge in [-0.15, -0.1) is 0 Å². The lowest BCUT2D eigenvalue weighted by atomic mass is 10.0. The molecule has 138 valence electrons. The molecule has 1 aliphatic rings. The molecule has 0 saturated carbocycles. The zero-order chi connectivity index (χ0) is 18.4. The van der Waals surface area contributed by atoms with E-state index in [0.29, 0.717) is 6.42 Å². The minimum absolute atomic E-state index is 0.230. The molecule has 1 unspecified atom stereocenters. The van der Waals surface area contributed by atoms with Crippen molar-refractivity contribution in [2.45, 2.75) is 32.2 Å². The highest BCUT2D eigenvalue weighted by molar-refractivity contribution is 5.86. The van der Waals surface area contributed by atoms with Gasteiger partial charge in [-0.1, -0.05) is 49.4 Å². The second-order valence-corrected chi connectivity index (χ2v) is 6.71. The molecular weight excluding hydrogens is 324 g/mol. The first-order valence-electron chi connectivity index (χ1n) is 9.43. The predicted molar refractivity (Wildman–Crippen MR) is 107 cm³/mol. The Kier molecular flexibility index (Phi) is 6.10. The number of aliphatic imine (C=N–C) groups is 1. The summed E-state index contributed by atoms with van der Waals surface area (Å²) >= 11 is 0. The minimum Gasteiger partial charge on any atom is -0.356 e. The second-order valence-electron chi connectivity index (χ2n) is 6.71. The molecule has 0 radical (unpaired) electrons. The van der Waals surface area contributed by atoms with E-state index in [1.807, 2.05) is 11.8 Å². The summed E-state index contributed by atoms with van der Waals surface area (Å²) in [4.78, 5) is 18.1. The molecule has 0 aliphatic carbocycles. The molecule has 1 fully saturated rings. The molecule has 1 amide bonds. The van der Waals surface area contributed by atoms with Crippen LogP contribution in [-0.2, 0) is 11.2 Å². The average molecular weight is 352 g/mol. The molecule has 0 spiro atoms. The Morgan fingerprint density at radius 3 is 2.85 bits per heavy atom. The Bertz CT molecular complexity index is 781. The summed E-state index contributed by atoms with van der Waals surface area (Å²) in [5, 5.41) is 9.43. The van der Waals surface area contributed by atoms with Gasteiger partial charge in [-0.3, -0.25) is 9.79 Å². The van der Waals surface area contributed by atoms with Crippen molar-refractivity contribution in [3.63, 3.8) is 0 Å². The number of amides is 1. The number of likely N-dealkylation sites (tertiary alicyclic amines) is 1. The van der Waals surface area contributed by atoms with E-state index in [4.69, 9.17) is 0 Å². The van der Waals surface area contributed by atoms with Crippen LogP contribution >= 0.6 is 0 Å². The molecule has 1 aliphatic heterocycles. The number of fused-ring (bicyclic) bond motifs is 1. The molecule has 5 nitrogen and oxygen atoms in total. The molecule has 2 aromatic carbocycles. The van der Waals surface area contributed by atoms with Gasteiger partial charge < -0.3 is 15.5 Å². The molecule has 2 aromatic rings. The van der Waals surface area contributed by atoms with Crippen LogP contribution in [0.15, 0.2) is 47.5 Å². The van der Waals surface area contributed by atoms with Crippen LogP contribution in [0.3, 0.4) is 0 Å². The molecule has 1 heterocycles. The maximum absolute atomic E-state index is 11.8. The highest BCUT2D eigenvalue weighted by Gasteiger charge is 2.25. The van der Waals surface area contributed by atoms with Gasteiger partial charge in [0.25, 0.3) is 0 Å². The minimum atomic E-state index is 0.230. The van der Waals surface area contributed by atoms with Crippen LogP contribution in [0.5, 0.6) is 0 Å². The topological polar surface area (TPSA) is 56.7 Å². The van der Waals surface area contributed by atoms with Crippen molar-refractivity contribution in [3.05, 3.63) is 48.0 Å². The smallest absolute Gasteiger partial charge is 0.222 e. The third kappa shape index (κ3) is 4.34. The van der Waals surface area contributed by atoms with E-state index in [2.05, 4.69) is 58.1 Å². The van der Waals surface area contributed by atoms with Crippen molar-refractivity contribution in [2.24, 2.45) is 4.99 Å². The van der Waals surface area contributed by atoms with Crippen molar-refractivity contribution in [1.82, 2.24) is 15.5 Å². The SMILES string of the molecule is CCC(=O)N1CCC(NC(=NC)NCCc2cccc3ccccc23)C1. The van der Waals surface area contributed by atoms with Crippen molar-refractivity contribution in [2.75, 3.05) is 26.7 Å². The van der Waals surface area contributed by atoms with Crippen LogP contribution in [0.1, 0.15) is 25.3 Å². The summed E-state index contributed by atoms with van der Waals surface area (Å²) in [5.74, 6) is 1.04. The average Bonchev–Trinajstić information content (AvgIpc) is 3.15. The van der Waals surface area contributed by atoms with Gasteiger partial charge in [0, 0.05) is 39.1 Å². The molecule has 2 N–H and O–H groups in total. The van der Waals surface area contributed by atoms with Crippen LogP contribution in [-0.4, -0.2) is 49.5 Å². The maximum Gasteiger partial charge on any atom is 0.222 e. The monoisotopic (exact) mass is 352 g/mol. The van der Waals surface area contributed by atoms with E-state index in [9.17, 15) is 4.79 Å². The second kappa shape index (κ2) is 8.70. The molecule has 26 heavy (non-hydrogen) atoms. The van der Waals surface area contributed by atoms with E-state index in [1.165, 1.54) is 16.3 Å². The van der Waals surface area contributed by atoms with Gasteiger partial charge >= 0.3 is 0 Å². The van der Waals surface area contributed by atoms with Crippen molar-refractivity contribution < 1.29 is 4.79 Å². The van der Waals surface area contributed by atoms with E-state index in [1.54, 1.807) is 7.05 Å². The zero-order valence-corrected chi connectivity index (χ0v) is 15.7. The first-order valence-corrected chi connectivity index (χ1v) is 9.43. The normalized spacial score (nSPS) is 17.5. The molecule has 5 heteroatoms. The number of rotatable bonds is 5. The number of nitrogens with zero attached hydrogens (tertiary/aromatic N) is 2. The number of nitrogens with one attached hydrogen (secondary N) is 2. The van der Waals surface area contributed by atoms with Crippen LogP contribution in [0.2, 0.25) is 0 Å². The van der Waals surface area contributed by atoms with Gasteiger partial charge in [0.1, 0.15) is 0 Å². The van der Waals surface area contributed by atoms with Crippen LogP contribution in [0.4, 0.5) is 0 Å². The zero-order valence-electron chi connectivity index (χ0n) is 15.7. The summed E-state index contributed by atoms with van der Waals surface area (Å²) in [6, 6.07) is 15.2. The summed E-state index contributed by atoms with van der Waals surface area (Å²) < 4.78 is 0. The van der Waals surface area contributed by atoms with Gasteiger partial charge in [-0.2, -0.15) is 0 Å². The highest BCUT2D eigenvalue weighted by Crippen LogP contribution is 2.18. The number of carbonyl (C=O) groups excluding carboxylic acids is 1. The van der Waals surface area contributed by atoms with E-state index in [0.717, 1.165) is 38.4 Å². The van der Waals surface area contributed by atoms with Gasteiger partial charge in [-0.05, 0) is 29.2 Å². The van der Waals surface area contributed by atoms with Crippen LogP contribution in [0, 0.1) is 0 Å². The third-order valence-corrected chi connectivity index (χ3v) is 4.97. The number of guanidine groups is 1. The largest absolute Gasteiger partial charge is 0.356 e. The number of carbonyl (C=O) groups is 1. The lowest BCUT2D eigenvalue weighted by Gasteiger charge is -2.19. The fourth-order valence-electron chi connectivity index (χ4n) is 3.54. The van der Waals surface area contributed by atoms with E-state index >= 15 is 0 Å². The molecule has 1 atom stereocenters. The summed E-state index contributed by atoms with van der Waals surface area (Å²) in [5.41, 5.74) is 1.34. The summed E-state index contributed by atoms with van der Waals surface area (Å²) in [6.07, 6.45) is 2.48. The van der Waals surface area contributed by atoms with Crippen LogP contribution in [0.25, 0.3) is 10.8 Å². The number of benzene rings is 2. The highest BCUT2D eigenvalue weighted by atomic mass is 16.2. The fraction of sp³-hybridized carbons (Fsp3) is 0.429. The van der Waals surface area contributed by atoms with Crippen LogP contribution < -0.4 is 10.6 Å². The van der Waals surface area contributed by atoms with Gasteiger partial charge in [0.2, 0.25) is 5.91 Å². The number of hydrogen-bond donors (Lipinski definition) is 2. The van der Waals surface area contributed by atoms with Gasteiger partial charge in [0.05, 0.1) is 0 Å². The van der Waals surface area contributed by atoms with E-state index < -0.39 is 0 Å². The lowest BCUT2D eigenvalue weighted by molar-refractivity contribution is -0.129. The van der Waals surface area contributed by atoms with Crippen molar-refractivity contribution >= 4 is 22.6 Å².